The maximum absolute atomic E-state index is 12.0. The van der Waals surface area contributed by atoms with E-state index in [4.69, 9.17) is 5.11 Å². The fourth-order valence-corrected chi connectivity index (χ4v) is 3.27. The maximum Gasteiger partial charge on any atom is 0.247 e. The molecule has 1 aliphatic heterocycles. The maximum atomic E-state index is 12.0. The van der Waals surface area contributed by atoms with Gasteiger partial charge in [-0.15, -0.1) is 0 Å². The molecule has 21 heavy (non-hydrogen) atoms. The van der Waals surface area contributed by atoms with Crippen molar-refractivity contribution in [2.75, 3.05) is 19.7 Å². The standard InChI is InChI=1S/C15H19NO4S/c17-12-13-6-9-16(10-7-13)15(18)8-11-21(19,20)14-4-2-1-3-5-14/h1-5,8,11,13,17H,6-7,9-10,12H2/b11-8+. The number of hydrogen-bond acceptors (Lipinski definition) is 4. The average Bonchev–Trinajstić information content (AvgIpc) is 2.53. The summed E-state index contributed by atoms with van der Waals surface area (Å²) in [6.07, 6.45) is 2.62. The summed E-state index contributed by atoms with van der Waals surface area (Å²) in [6, 6.07) is 8.01. The van der Waals surface area contributed by atoms with Crippen molar-refractivity contribution in [2.24, 2.45) is 5.92 Å². The Bertz CT molecular complexity index is 602. The second kappa shape index (κ2) is 6.87. The molecule has 0 aliphatic carbocycles. The minimum absolute atomic E-state index is 0.139. The van der Waals surface area contributed by atoms with Gasteiger partial charge >= 0.3 is 0 Å². The number of hydrogen-bond donors (Lipinski definition) is 1. The summed E-state index contributed by atoms with van der Waals surface area (Å²) in [5.74, 6) is -0.0584. The first kappa shape index (κ1) is 15.7. The van der Waals surface area contributed by atoms with Crippen LogP contribution in [0.2, 0.25) is 0 Å². The summed E-state index contributed by atoms with van der Waals surface area (Å²) >= 11 is 0. The predicted molar refractivity (Wildman–Crippen MR) is 79.2 cm³/mol. The number of aliphatic hydroxyl groups is 1. The van der Waals surface area contributed by atoms with E-state index in [2.05, 4.69) is 0 Å². The topological polar surface area (TPSA) is 74.7 Å². The van der Waals surface area contributed by atoms with E-state index >= 15 is 0 Å². The molecular formula is C15H19NO4S. The molecule has 0 spiro atoms. The molecular weight excluding hydrogens is 290 g/mol. The number of amides is 1. The molecule has 1 aliphatic rings. The lowest BCUT2D eigenvalue weighted by molar-refractivity contribution is -0.127. The summed E-state index contributed by atoms with van der Waals surface area (Å²) in [5.41, 5.74) is 0. The van der Waals surface area contributed by atoms with Gasteiger partial charge in [-0.05, 0) is 30.9 Å². The van der Waals surface area contributed by atoms with Crippen LogP contribution >= 0.6 is 0 Å². The number of sulfone groups is 1. The number of likely N-dealkylation sites (tertiary alicyclic amines) is 1. The first-order chi connectivity index (χ1) is 10.0. The molecule has 2 rings (SSSR count). The Morgan fingerprint density at radius 2 is 1.86 bits per heavy atom. The predicted octanol–water partition coefficient (Wildman–Crippen LogP) is 1.20. The molecule has 0 bridgehead atoms. The Labute approximate surface area is 124 Å². The summed E-state index contributed by atoms with van der Waals surface area (Å²) in [4.78, 5) is 13.8. The van der Waals surface area contributed by atoms with Crippen molar-refractivity contribution in [1.29, 1.82) is 0 Å². The Hall–Kier alpha value is -1.66. The minimum Gasteiger partial charge on any atom is -0.396 e. The van der Waals surface area contributed by atoms with Gasteiger partial charge in [-0.2, -0.15) is 0 Å². The van der Waals surface area contributed by atoms with Crippen molar-refractivity contribution in [2.45, 2.75) is 17.7 Å². The molecule has 5 nitrogen and oxygen atoms in total. The molecule has 6 heteroatoms. The van der Waals surface area contributed by atoms with Crippen LogP contribution in [0.3, 0.4) is 0 Å². The molecule has 0 radical (unpaired) electrons. The SMILES string of the molecule is O=C(/C=C/S(=O)(=O)c1ccccc1)N1CCC(CO)CC1. The fourth-order valence-electron chi connectivity index (χ4n) is 2.28. The van der Waals surface area contributed by atoms with Crippen LogP contribution in [0.25, 0.3) is 0 Å². The minimum atomic E-state index is -3.58. The van der Waals surface area contributed by atoms with Crippen LogP contribution in [-0.4, -0.2) is 44.0 Å². The zero-order valence-electron chi connectivity index (χ0n) is 11.7. The van der Waals surface area contributed by atoms with E-state index in [1.807, 2.05) is 0 Å². The molecule has 0 unspecified atom stereocenters. The lowest BCUT2D eigenvalue weighted by atomic mass is 9.98. The number of aliphatic hydroxyl groups excluding tert-OH is 1. The van der Waals surface area contributed by atoms with Crippen LogP contribution in [0.15, 0.2) is 46.7 Å². The van der Waals surface area contributed by atoms with Crippen molar-refractivity contribution in [3.63, 3.8) is 0 Å². The number of nitrogens with zero attached hydrogens (tertiary/aromatic N) is 1. The monoisotopic (exact) mass is 309 g/mol. The highest BCUT2D eigenvalue weighted by Gasteiger charge is 2.21. The van der Waals surface area contributed by atoms with Gasteiger partial charge in [0.25, 0.3) is 0 Å². The number of benzene rings is 1. The normalized spacial score (nSPS) is 17.3. The van der Waals surface area contributed by atoms with E-state index in [-0.39, 0.29) is 23.3 Å². The summed E-state index contributed by atoms with van der Waals surface area (Å²) in [6.45, 7) is 1.25. The number of carbonyl (C=O) groups is 1. The van der Waals surface area contributed by atoms with Gasteiger partial charge in [-0.1, -0.05) is 18.2 Å². The van der Waals surface area contributed by atoms with E-state index < -0.39 is 9.84 Å². The van der Waals surface area contributed by atoms with Crippen LogP contribution in [0.4, 0.5) is 0 Å². The Morgan fingerprint density at radius 1 is 1.24 bits per heavy atom. The Morgan fingerprint density at radius 3 is 2.43 bits per heavy atom. The molecule has 1 amide bonds. The fraction of sp³-hybridized carbons (Fsp3) is 0.400. The quantitative estimate of drug-likeness (QED) is 0.848. The number of piperidine rings is 1. The average molecular weight is 309 g/mol. The summed E-state index contributed by atoms with van der Waals surface area (Å²) in [7, 11) is -3.58. The molecule has 0 atom stereocenters. The van der Waals surface area contributed by atoms with Gasteiger partial charge in [0.2, 0.25) is 5.91 Å². The van der Waals surface area contributed by atoms with E-state index in [1.165, 1.54) is 12.1 Å². The third-order valence-corrected chi connectivity index (χ3v) is 5.07. The van der Waals surface area contributed by atoms with Gasteiger partial charge in [0, 0.05) is 31.2 Å². The van der Waals surface area contributed by atoms with E-state index in [9.17, 15) is 13.2 Å². The van der Waals surface area contributed by atoms with Crippen LogP contribution in [0.5, 0.6) is 0 Å². The van der Waals surface area contributed by atoms with Gasteiger partial charge in [0.05, 0.1) is 4.90 Å². The Kier molecular flexibility index (Phi) is 5.14. The van der Waals surface area contributed by atoms with Crippen LogP contribution in [0.1, 0.15) is 12.8 Å². The molecule has 1 aromatic rings. The third-order valence-electron chi connectivity index (χ3n) is 3.65. The molecule has 0 aromatic heterocycles. The van der Waals surface area contributed by atoms with Crippen molar-refractivity contribution in [3.05, 3.63) is 41.8 Å². The van der Waals surface area contributed by atoms with Crippen molar-refractivity contribution < 1.29 is 18.3 Å². The van der Waals surface area contributed by atoms with Gasteiger partial charge in [-0.3, -0.25) is 4.79 Å². The first-order valence-corrected chi connectivity index (χ1v) is 8.45. The molecule has 1 saturated heterocycles. The molecule has 1 aromatic carbocycles. The van der Waals surface area contributed by atoms with Gasteiger partial charge in [-0.25, -0.2) is 8.42 Å². The molecule has 114 valence electrons. The lowest BCUT2D eigenvalue weighted by Crippen LogP contribution is -2.38. The third kappa shape index (κ3) is 4.15. The first-order valence-electron chi connectivity index (χ1n) is 6.91. The van der Waals surface area contributed by atoms with Crippen LogP contribution in [-0.2, 0) is 14.6 Å². The molecule has 0 saturated carbocycles. The van der Waals surface area contributed by atoms with Crippen molar-refractivity contribution in [1.82, 2.24) is 4.90 Å². The zero-order chi connectivity index (χ0) is 15.3. The van der Waals surface area contributed by atoms with Crippen molar-refractivity contribution in [3.8, 4) is 0 Å². The number of rotatable bonds is 4. The van der Waals surface area contributed by atoms with E-state index in [0.717, 1.165) is 24.3 Å². The second-order valence-corrected chi connectivity index (χ2v) is 6.95. The summed E-state index contributed by atoms with van der Waals surface area (Å²) in [5, 5.41) is 10.0. The van der Waals surface area contributed by atoms with Crippen molar-refractivity contribution >= 4 is 15.7 Å². The zero-order valence-corrected chi connectivity index (χ0v) is 12.5. The van der Waals surface area contributed by atoms with Gasteiger partial charge in [0.15, 0.2) is 9.84 Å². The highest BCUT2D eigenvalue weighted by atomic mass is 32.2. The van der Waals surface area contributed by atoms with E-state index in [1.54, 1.807) is 23.1 Å². The molecule has 1 heterocycles. The van der Waals surface area contributed by atoms with Gasteiger partial charge in [0.1, 0.15) is 0 Å². The highest BCUT2D eigenvalue weighted by Crippen LogP contribution is 2.17. The van der Waals surface area contributed by atoms with Gasteiger partial charge < -0.3 is 10.0 Å². The molecule has 1 N–H and O–H groups in total. The van der Waals surface area contributed by atoms with E-state index in [0.29, 0.717) is 13.1 Å². The highest BCUT2D eigenvalue weighted by molar-refractivity contribution is 7.94. The summed E-state index contributed by atoms with van der Waals surface area (Å²) < 4.78 is 24.1. The lowest BCUT2D eigenvalue weighted by Gasteiger charge is -2.30. The van der Waals surface area contributed by atoms with Crippen LogP contribution < -0.4 is 0 Å². The largest absolute Gasteiger partial charge is 0.396 e. The molecule has 1 fully saturated rings. The second-order valence-electron chi connectivity index (χ2n) is 5.11. The smallest absolute Gasteiger partial charge is 0.247 e. The van der Waals surface area contributed by atoms with Crippen LogP contribution in [0, 0.1) is 5.92 Å². The Balaban J connectivity index is 1.99. The number of carbonyl (C=O) groups excluding carboxylic acids is 1.